The lowest BCUT2D eigenvalue weighted by Gasteiger charge is -2.40. The summed E-state index contributed by atoms with van der Waals surface area (Å²) in [6.07, 6.45) is 2.42. The van der Waals surface area contributed by atoms with E-state index in [4.69, 9.17) is 0 Å². The zero-order valence-corrected chi connectivity index (χ0v) is 13.8. The smallest absolute Gasteiger partial charge is 0.216 e. The maximum Gasteiger partial charge on any atom is 0.216 e. The van der Waals surface area contributed by atoms with Crippen LogP contribution in [0.1, 0.15) is 35.5 Å². The first-order valence-electron chi connectivity index (χ1n) is 7.08. The van der Waals surface area contributed by atoms with Gasteiger partial charge in [0.15, 0.2) is 0 Å². The monoisotopic (exact) mass is 340 g/mol. The SMILES string of the molecule is Cc1csc(C2(NS(=O)(=O)Cc3ccccc3F)CCC2)n1. The van der Waals surface area contributed by atoms with Gasteiger partial charge in [-0.25, -0.2) is 22.5 Å². The number of benzene rings is 1. The minimum Gasteiger partial charge on any atom is -0.245 e. The highest BCUT2D eigenvalue weighted by Gasteiger charge is 2.44. The quantitative estimate of drug-likeness (QED) is 0.910. The number of sulfonamides is 1. The fourth-order valence-electron chi connectivity index (χ4n) is 2.62. The van der Waals surface area contributed by atoms with Gasteiger partial charge in [0.2, 0.25) is 10.0 Å². The van der Waals surface area contributed by atoms with Gasteiger partial charge in [0.25, 0.3) is 0 Å². The van der Waals surface area contributed by atoms with Crippen molar-refractivity contribution < 1.29 is 12.8 Å². The number of rotatable bonds is 5. The summed E-state index contributed by atoms with van der Waals surface area (Å²) in [6, 6.07) is 5.95. The van der Waals surface area contributed by atoms with Crippen LogP contribution in [0.4, 0.5) is 4.39 Å². The van der Waals surface area contributed by atoms with Crippen LogP contribution >= 0.6 is 11.3 Å². The standard InChI is InChI=1S/C15H17FN2O2S2/c1-11-9-21-14(17-11)15(7-4-8-15)18-22(19,20)10-12-5-2-3-6-13(12)16/h2-3,5-6,9,18H,4,7-8,10H2,1H3. The van der Waals surface area contributed by atoms with E-state index >= 15 is 0 Å². The van der Waals surface area contributed by atoms with Crippen molar-refractivity contribution >= 4 is 21.4 Å². The molecule has 22 heavy (non-hydrogen) atoms. The maximum absolute atomic E-state index is 13.7. The Bertz CT molecular complexity index is 782. The largest absolute Gasteiger partial charge is 0.245 e. The van der Waals surface area contributed by atoms with Crippen LogP contribution in [0.3, 0.4) is 0 Å². The molecular weight excluding hydrogens is 323 g/mol. The molecule has 0 radical (unpaired) electrons. The van der Waals surface area contributed by atoms with Crippen LogP contribution < -0.4 is 4.72 Å². The van der Waals surface area contributed by atoms with Gasteiger partial charge >= 0.3 is 0 Å². The van der Waals surface area contributed by atoms with E-state index in [1.165, 1.54) is 23.5 Å². The van der Waals surface area contributed by atoms with Gasteiger partial charge in [0.1, 0.15) is 10.8 Å². The molecule has 118 valence electrons. The van der Waals surface area contributed by atoms with E-state index in [0.29, 0.717) is 0 Å². The van der Waals surface area contributed by atoms with Crippen LogP contribution in [0.5, 0.6) is 0 Å². The number of aryl methyl sites for hydroxylation is 1. The molecule has 1 saturated carbocycles. The molecule has 1 N–H and O–H groups in total. The van der Waals surface area contributed by atoms with Crippen LogP contribution in [-0.2, 0) is 21.3 Å². The highest BCUT2D eigenvalue weighted by atomic mass is 32.2. The van der Waals surface area contributed by atoms with Crippen molar-refractivity contribution in [2.24, 2.45) is 0 Å². The van der Waals surface area contributed by atoms with Gasteiger partial charge in [-0.05, 0) is 32.3 Å². The summed E-state index contributed by atoms with van der Waals surface area (Å²) >= 11 is 1.47. The Kier molecular flexibility index (Phi) is 4.05. The van der Waals surface area contributed by atoms with E-state index in [1.54, 1.807) is 12.1 Å². The van der Waals surface area contributed by atoms with Crippen molar-refractivity contribution in [3.63, 3.8) is 0 Å². The summed E-state index contributed by atoms with van der Waals surface area (Å²) < 4.78 is 41.3. The molecule has 1 aromatic heterocycles. The van der Waals surface area contributed by atoms with Crippen LogP contribution in [0, 0.1) is 12.7 Å². The Balaban J connectivity index is 1.83. The van der Waals surface area contributed by atoms with Crippen molar-refractivity contribution in [2.45, 2.75) is 37.5 Å². The van der Waals surface area contributed by atoms with E-state index in [2.05, 4.69) is 9.71 Å². The third-order valence-corrected chi connectivity index (χ3v) is 6.45. The fourth-order valence-corrected chi connectivity index (χ4v) is 5.31. The predicted octanol–water partition coefficient (Wildman–Crippen LogP) is 3.09. The number of thiazole rings is 1. The molecule has 4 nitrogen and oxygen atoms in total. The molecule has 0 bridgehead atoms. The van der Waals surface area contributed by atoms with Crippen molar-refractivity contribution in [3.8, 4) is 0 Å². The molecule has 0 amide bonds. The second kappa shape index (κ2) is 5.72. The third kappa shape index (κ3) is 3.06. The fraction of sp³-hybridized carbons (Fsp3) is 0.400. The molecule has 1 heterocycles. The van der Waals surface area contributed by atoms with Gasteiger partial charge in [-0.3, -0.25) is 0 Å². The van der Waals surface area contributed by atoms with Crippen molar-refractivity contribution in [1.82, 2.24) is 9.71 Å². The molecule has 0 atom stereocenters. The average molecular weight is 340 g/mol. The number of hydrogen-bond acceptors (Lipinski definition) is 4. The van der Waals surface area contributed by atoms with Crippen LogP contribution in [0.15, 0.2) is 29.6 Å². The van der Waals surface area contributed by atoms with Gasteiger partial charge in [0.05, 0.1) is 11.3 Å². The van der Waals surface area contributed by atoms with Gasteiger partial charge in [-0.2, -0.15) is 0 Å². The first-order chi connectivity index (χ1) is 10.4. The summed E-state index contributed by atoms with van der Waals surface area (Å²) in [6.45, 7) is 1.89. The van der Waals surface area contributed by atoms with Gasteiger partial charge in [0, 0.05) is 16.6 Å². The highest BCUT2D eigenvalue weighted by Crippen LogP contribution is 2.43. The van der Waals surface area contributed by atoms with E-state index < -0.39 is 21.4 Å². The lowest BCUT2D eigenvalue weighted by molar-refractivity contribution is 0.223. The van der Waals surface area contributed by atoms with Crippen molar-refractivity contribution in [3.05, 3.63) is 51.7 Å². The van der Waals surface area contributed by atoms with Crippen LogP contribution in [-0.4, -0.2) is 13.4 Å². The zero-order valence-electron chi connectivity index (χ0n) is 12.2. The number of aromatic nitrogens is 1. The summed E-state index contributed by atoms with van der Waals surface area (Å²) in [5.74, 6) is -0.855. The minimum absolute atomic E-state index is 0.180. The Morgan fingerprint density at radius 3 is 2.64 bits per heavy atom. The molecule has 1 fully saturated rings. The Morgan fingerprint density at radius 1 is 1.36 bits per heavy atom. The first-order valence-corrected chi connectivity index (χ1v) is 9.61. The third-order valence-electron chi connectivity index (χ3n) is 3.89. The molecule has 0 aliphatic heterocycles. The number of nitrogens with zero attached hydrogens (tertiary/aromatic N) is 1. The second-order valence-corrected chi connectivity index (χ2v) is 8.26. The van der Waals surface area contributed by atoms with E-state index in [0.717, 1.165) is 30.0 Å². The predicted molar refractivity (Wildman–Crippen MR) is 84.5 cm³/mol. The van der Waals surface area contributed by atoms with Crippen molar-refractivity contribution in [1.29, 1.82) is 0 Å². The zero-order chi connectivity index (χ0) is 15.8. The number of hydrogen-bond donors (Lipinski definition) is 1. The van der Waals surface area contributed by atoms with Crippen LogP contribution in [0.25, 0.3) is 0 Å². The lowest BCUT2D eigenvalue weighted by atomic mass is 9.78. The van der Waals surface area contributed by atoms with Gasteiger partial charge < -0.3 is 0 Å². The molecule has 1 aromatic carbocycles. The molecule has 1 aliphatic carbocycles. The van der Waals surface area contributed by atoms with Gasteiger partial charge in [-0.15, -0.1) is 11.3 Å². The Labute approximate surface area is 133 Å². The van der Waals surface area contributed by atoms with E-state index in [1.807, 2.05) is 12.3 Å². The van der Waals surface area contributed by atoms with Gasteiger partial charge in [-0.1, -0.05) is 18.2 Å². The first kappa shape index (κ1) is 15.6. The molecule has 3 rings (SSSR count). The Hall–Kier alpha value is -1.31. The number of halogens is 1. The molecule has 0 saturated heterocycles. The summed E-state index contributed by atoms with van der Waals surface area (Å²) in [4.78, 5) is 4.43. The molecule has 0 spiro atoms. The molecular formula is C15H17FN2O2S2. The molecule has 1 aliphatic rings. The second-order valence-electron chi connectivity index (χ2n) is 5.68. The summed E-state index contributed by atoms with van der Waals surface area (Å²) in [5.41, 5.74) is 0.461. The molecule has 0 unspecified atom stereocenters. The average Bonchev–Trinajstić information content (AvgIpc) is 2.83. The maximum atomic E-state index is 13.7. The van der Waals surface area contributed by atoms with E-state index in [-0.39, 0.29) is 11.3 Å². The minimum atomic E-state index is -3.64. The highest BCUT2D eigenvalue weighted by molar-refractivity contribution is 7.88. The Morgan fingerprint density at radius 2 is 2.09 bits per heavy atom. The lowest BCUT2D eigenvalue weighted by Crippen LogP contribution is -2.51. The normalized spacial score (nSPS) is 17.2. The van der Waals surface area contributed by atoms with Crippen molar-refractivity contribution in [2.75, 3.05) is 0 Å². The number of nitrogens with one attached hydrogen (secondary N) is 1. The molecule has 7 heteroatoms. The summed E-state index contributed by atoms with van der Waals surface area (Å²) in [5, 5.41) is 2.72. The van der Waals surface area contributed by atoms with E-state index in [9.17, 15) is 12.8 Å². The molecule has 2 aromatic rings. The summed E-state index contributed by atoms with van der Waals surface area (Å²) in [7, 11) is -3.64. The van der Waals surface area contributed by atoms with Crippen LogP contribution in [0.2, 0.25) is 0 Å². The topological polar surface area (TPSA) is 59.1 Å².